The van der Waals surface area contributed by atoms with Crippen LogP contribution in [-0.2, 0) is 23.2 Å². The van der Waals surface area contributed by atoms with E-state index in [1.165, 1.54) is 29.2 Å². The van der Waals surface area contributed by atoms with Crippen molar-refractivity contribution >= 4 is 5.91 Å². The van der Waals surface area contributed by atoms with Crippen molar-refractivity contribution < 1.29 is 27.8 Å². The zero-order valence-electron chi connectivity index (χ0n) is 24.2. The summed E-state index contributed by atoms with van der Waals surface area (Å²) in [6.45, 7) is 4.53. The molecule has 0 radical (unpaired) electrons. The Morgan fingerprint density at radius 2 is 1.80 bits per heavy atom. The van der Waals surface area contributed by atoms with Crippen molar-refractivity contribution in [3.8, 4) is 16.9 Å². The van der Waals surface area contributed by atoms with Crippen LogP contribution < -0.4 is 10.3 Å². The van der Waals surface area contributed by atoms with Crippen LogP contribution in [-0.4, -0.2) is 43.8 Å². The fourth-order valence-electron chi connectivity index (χ4n) is 5.72. The molecule has 1 aliphatic carbocycles. The van der Waals surface area contributed by atoms with Gasteiger partial charge in [0.25, 0.3) is 11.5 Å². The molecule has 228 valence electrons. The second kappa shape index (κ2) is 11.2. The van der Waals surface area contributed by atoms with Crippen LogP contribution in [0.3, 0.4) is 0 Å². The molecular weight excluding hydrogens is 573 g/mol. The van der Waals surface area contributed by atoms with Crippen molar-refractivity contribution in [1.29, 1.82) is 0 Å². The van der Waals surface area contributed by atoms with E-state index in [1.807, 2.05) is 12.4 Å². The van der Waals surface area contributed by atoms with Gasteiger partial charge in [-0.15, -0.1) is 13.2 Å². The molecular formula is C33H31F3N4O4. The maximum atomic E-state index is 13.4. The lowest BCUT2D eigenvalue weighted by Crippen LogP contribution is -2.42. The predicted octanol–water partition coefficient (Wildman–Crippen LogP) is 5.55. The van der Waals surface area contributed by atoms with Crippen LogP contribution in [0.2, 0.25) is 0 Å². The molecule has 2 aromatic heterocycles. The molecule has 8 nitrogen and oxygen atoms in total. The van der Waals surface area contributed by atoms with Crippen molar-refractivity contribution in [3.05, 3.63) is 111 Å². The number of carbonyl (C=O) groups excluding carboxylic acids is 1. The quantitative estimate of drug-likeness (QED) is 0.286. The second-order valence-electron chi connectivity index (χ2n) is 11.7. The summed E-state index contributed by atoms with van der Waals surface area (Å²) in [5.74, 6) is 0.0432. The highest BCUT2D eigenvalue weighted by molar-refractivity contribution is 5.83. The Labute approximate surface area is 251 Å². The van der Waals surface area contributed by atoms with Gasteiger partial charge in [-0.3, -0.25) is 14.6 Å². The van der Waals surface area contributed by atoms with Crippen molar-refractivity contribution in [2.45, 2.75) is 63.5 Å². The van der Waals surface area contributed by atoms with Crippen molar-refractivity contribution in [2.75, 3.05) is 6.54 Å². The Balaban J connectivity index is 1.18. The molecule has 11 heteroatoms. The molecule has 1 aliphatic heterocycles. The van der Waals surface area contributed by atoms with Crippen LogP contribution in [0.15, 0.2) is 71.8 Å². The van der Waals surface area contributed by atoms with Gasteiger partial charge in [0.05, 0.1) is 23.2 Å². The first kappa shape index (κ1) is 29.6. The third-order valence-electron chi connectivity index (χ3n) is 8.42. The maximum Gasteiger partial charge on any atom is 0.573 e. The van der Waals surface area contributed by atoms with Gasteiger partial charge in [-0.25, -0.2) is 4.98 Å². The molecule has 0 saturated heterocycles. The molecule has 1 atom stereocenters. The van der Waals surface area contributed by atoms with E-state index in [0.29, 0.717) is 46.1 Å². The Morgan fingerprint density at radius 3 is 2.48 bits per heavy atom. The number of rotatable bonds is 7. The van der Waals surface area contributed by atoms with Crippen LogP contribution in [0.5, 0.6) is 5.75 Å². The average molecular weight is 605 g/mol. The molecule has 6 rings (SSSR count). The van der Waals surface area contributed by atoms with E-state index in [2.05, 4.69) is 34.6 Å². The SMILES string of the molecule is CC(C)c1cncc(C2(c3nc4c(c(=O)[nH]3)CN(C(=O)[C@H](O)c3cccc(-c5ccc(OC(F)(F)F)cc5)c3)CC4)CC2)c1. The topological polar surface area (TPSA) is 108 Å². The predicted molar refractivity (Wildman–Crippen MR) is 156 cm³/mol. The van der Waals surface area contributed by atoms with Gasteiger partial charge in [-0.1, -0.05) is 50.2 Å². The average Bonchev–Trinajstić information content (AvgIpc) is 3.82. The summed E-state index contributed by atoms with van der Waals surface area (Å²) in [7, 11) is 0. The number of nitrogens with zero attached hydrogens (tertiary/aromatic N) is 3. The van der Waals surface area contributed by atoms with E-state index in [-0.39, 0.29) is 29.8 Å². The van der Waals surface area contributed by atoms with Crippen molar-refractivity contribution in [2.24, 2.45) is 0 Å². The van der Waals surface area contributed by atoms with E-state index >= 15 is 0 Å². The Hall–Kier alpha value is -4.51. The van der Waals surface area contributed by atoms with Gasteiger partial charge in [0, 0.05) is 25.4 Å². The van der Waals surface area contributed by atoms with Gasteiger partial charge in [0.15, 0.2) is 6.10 Å². The highest BCUT2D eigenvalue weighted by Gasteiger charge is 2.49. The number of H-pyrrole nitrogens is 1. The van der Waals surface area contributed by atoms with E-state index in [1.54, 1.807) is 24.3 Å². The van der Waals surface area contributed by atoms with Crippen molar-refractivity contribution in [1.82, 2.24) is 19.9 Å². The molecule has 44 heavy (non-hydrogen) atoms. The third kappa shape index (κ3) is 5.84. The number of amides is 1. The van der Waals surface area contributed by atoms with Crippen LogP contribution >= 0.6 is 0 Å². The number of aliphatic hydroxyl groups is 1. The van der Waals surface area contributed by atoms with Crippen LogP contribution in [0.1, 0.15) is 72.5 Å². The van der Waals surface area contributed by atoms with Gasteiger partial charge in [-0.05, 0) is 64.8 Å². The fraction of sp³-hybridized carbons (Fsp3) is 0.333. The number of aromatic amines is 1. The molecule has 2 N–H and O–H groups in total. The molecule has 0 bridgehead atoms. The lowest BCUT2D eigenvalue weighted by Gasteiger charge is -2.30. The molecule has 2 aliphatic rings. The summed E-state index contributed by atoms with van der Waals surface area (Å²) in [5, 5.41) is 11.0. The minimum absolute atomic E-state index is 0.0194. The minimum atomic E-state index is -4.79. The lowest BCUT2D eigenvalue weighted by molar-refractivity contribution is -0.274. The standard InChI is InChI=1S/C33H31F3N4O4/c1-19(2)23-15-24(17-37-16-23)32(11-12-32)31-38-27-10-13-40(18-26(27)29(42)39-31)30(43)28(41)22-5-3-4-21(14-22)20-6-8-25(9-7-20)44-33(34,35)36/h3-9,14-17,19,28,41H,10-13,18H2,1-2H3,(H,38,39,42)/t28-/m1/s1. The summed E-state index contributed by atoms with van der Waals surface area (Å²) >= 11 is 0. The van der Waals surface area contributed by atoms with Crippen LogP contribution in [0.4, 0.5) is 13.2 Å². The smallest absolute Gasteiger partial charge is 0.406 e. The number of benzene rings is 2. The van der Waals surface area contributed by atoms with Crippen LogP contribution in [0, 0.1) is 0 Å². The Morgan fingerprint density at radius 1 is 1.05 bits per heavy atom. The first-order valence-electron chi connectivity index (χ1n) is 14.4. The molecule has 2 aromatic carbocycles. The van der Waals surface area contributed by atoms with E-state index in [4.69, 9.17) is 4.98 Å². The highest BCUT2D eigenvalue weighted by Crippen LogP contribution is 2.52. The van der Waals surface area contributed by atoms with E-state index in [0.717, 1.165) is 24.0 Å². The lowest BCUT2D eigenvalue weighted by atomic mass is 9.92. The van der Waals surface area contributed by atoms with E-state index in [9.17, 15) is 27.9 Å². The van der Waals surface area contributed by atoms with Gasteiger partial charge in [0.1, 0.15) is 11.6 Å². The fourth-order valence-corrected chi connectivity index (χ4v) is 5.72. The number of alkyl halides is 3. The van der Waals surface area contributed by atoms with Gasteiger partial charge in [-0.2, -0.15) is 0 Å². The van der Waals surface area contributed by atoms with Crippen LogP contribution in [0.25, 0.3) is 11.1 Å². The number of aromatic nitrogens is 3. The number of hydrogen-bond donors (Lipinski definition) is 2. The summed E-state index contributed by atoms with van der Waals surface area (Å²) in [4.78, 5) is 40.4. The third-order valence-corrected chi connectivity index (χ3v) is 8.42. The second-order valence-corrected chi connectivity index (χ2v) is 11.7. The first-order valence-corrected chi connectivity index (χ1v) is 14.4. The zero-order chi connectivity index (χ0) is 31.2. The summed E-state index contributed by atoms with van der Waals surface area (Å²) < 4.78 is 41.4. The Bertz CT molecular complexity index is 1760. The minimum Gasteiger partial charge on any atom is -0.406 e. The van der Waals surface area contributed by atoms with Gasteiger partial charge in [0.2, 0.25) is 0 Å². The number of fused-ring (bicyclic) bond motifs is 1. The summed E-state index contributed by atoms with van der Waals surface area (Å²) in [6, 6.07) is 14.1. The van der Waals surface area contributed by atoms with Gasteiger partial charge >= 0.3 is 6.36 Å². The Kier molecular flexibility index (Phi) is 7.53. The van der Waals surface area contributed by atoms with Gasteiger partial charge < -0.3 is 19.7 Å². The number of nitrogens with one attached hydrogen (secondary N) is 1. The molecule has 0 unspecified atom stereocenters. The normalized spacial score (nSPS) is 16.4. The number of carbonyl (C=O) groups is 1. The molecule has 1 amide bonds. The van der Waals surface area contributed by atoms with E-state index < -0.39 is 18.4 Å². The molecule has 3 heterocycles. The maximum absolute atomic E-state index is 13.4. The zero-order valence-corrected chi connectivity index (χ0v) is 24.2. The first-order chi connectivity index (χ1) is 20.9. The summed E-state index contributed by atoms with van der Waals surface area (Å²) in [6.07, 6.45) is -0.493. The molecule has 4 aromatic rings. The number of pyridine rings is 1. The largest absolute Gasteiger partial charge is 0.573 e. The molecule has 1 saturated carbocycles. The molecule has 0 spiro atoms. The number of halogens is 3. The highest BCUT2D eigenvalue weighted by atomic mass is 19.4. The molecule has 1 fully saturated rings. The number of aliphatic hydroxyl groups excluding tert-OH is 1. The number of ether oxygens (including phenoxy) is 1. The monoisotopic (exact) mass is 604 g/mol. The summed E-state index contributed by atoms with van der Waals surface area (Å²) in [5.41, 5.74) is 4.07. The van der Waals surface area contributed by atoms with Crippen molar-refractivity contribution in [3.63, 3.8) is 0 Å². The number of hydrogen-bond acceptors (Lipinski definition) is 6.